The van der Waals surface area contributed by atoms with E-state index in [9.17, 15) is 9.90 Å². The summed E-state index contributed by atoms with van der Waals surface area (Å²) in [7, 11) is 0. The zero-order chi connectivity index (χ0) is 29.3. The quantitative estimate of drug-likeness (QED) is 0.0973. The monoisotopic (exact) mass is 716 g/mol. The number of aliphatic hydroxyl groups is 1. The third-order valence-electron chi connectivity index (χ3n) is 6.86. The molecule has 1 radical (unpaired) electrons. The summed E-state index contributed by atoms with van der Waals surface area (Å²) >= 11 is 0. The molecule has 0 aliphatic rings. The number of fused-ring (bicyclic) bond motifs is 3. The first-order chi connectivity index (χ1) is 17.9. The summed E-state index contributed by atoms with van der Waals surface area (Å²) in [6.07, 6.45) is 1.66. The van der Waals surface area contributed by atoms with Crippen LogP contribution in [0.1, 0.15) is 80.4 Å². The van der Waals surface area contributed by atoms with Crippen LogP contribution < -0.4 is 0 Å². The molecule has 0 saturated heterocycles. The summed E-state index contributed by atoms with van der Waals surface area (Å²) in [4.78, 5) is 21.0. The van der Waals surface area contributed by atoms with Gasteiger partial charge in [0.05, 0.1) is 5.52 Å². The van der Waals surface area contributed by atoms with Crippen molar-refractivity contribution in [3.8, 4) is 11.3 Å². The van der Waals surface area contributed by atoms with Crippen LogP contribution in [0, 0.1) is 23.8 Å². The van der Waals surface area contributed by atoms with Crippen LogP contribution in [-0.2, 0) is 30.3 Å². The summed E-state index contributed by atoms with van der Waals surface area (Å²) in [6, 6.07) is 20.3. The van der Waals surface area contributed by atoms with Gasteiger partial charge < -0.3 is 5.11 Å². The molecule has 0 aliphatic heterocycles. The fraction of sp³-hybridized carbons (Fsp3) is 0.400. The van der Waals surface area contributed by atoms with E-state index in [1.165, 1.54) is 21.9 Å². The molecular weight excluding hydrogens is 673 g/mol. The number of benzene rings is 3. The van der Waals surface area contributed by atoms with Gasteiger partial charge in [0, 0.05) is 41.9 Å². The van der Waals surface area contributed by atoms with Gasteiger partial charge in [-0.1, -0.05) is 92.6 Å². The predicted molar refractivity (Wildman–Crippen MR) is 164 cm³/mol. The zero-order valence-electron chi connectivity index (χ0n) is 25.8. The topological polar surface area (TPSA) is 63.1 Å². The SMILES string of the molecule is C/C(C(=O)C(C)(C)C)=C(/O)C(C)(C)C.Cc1cc2c(-c3[c-]ccc(C(C)(C)C)c3)ncnc2c2ccccc12.[Ir]. The molecule has 0 atom stereocenters. The van der Waals surface area contributed by atoms with Gasteiger partial charge in [-0.3, -0.25) is 9.78 Å². The number of carbonyl (C=O) groups excluding carboxylic acids is 1. The smallest absolute Gasteiger partial charge is 0.167 e. The molecule has 0 saturated carbocycles. The van der Waals surface area contributed by atoms with Gasteiger partial charge in [0.1, 0.15) is 12.1 Å². The second kappa shape index (κ2) is 12.3. The maximum Gasteiger partial charge on any atom is 0.167 e. The van der Waals surface area contributed by atoms with Crippen molar-refractivity contribution < 1.29 is 30.0 Å². The number of aromatic nitrogens is 2. The average molecular weight is 716 g/mol. The molecule has 1 aromatic heterocycles. The van der Waals surface area contributed by atoms with Crippen molar-refractivity contribution in [2.24, 2.45) is 10.8 Å². The predicted octanol–water partition coefficient (Wildman–Crippen LogP) is 9.33. The fourth-order valence-electron chi connectivity index (χ4n) is 4.59. The Morgan fingerprint density at radius 2 is 1.43 bits per heavy atom. The van der Waals surface area contributed by atoms with Gasteiger partial charge in [-0.15, -0.1) is 35.4 Å². The molecule has 4 aromatic rings. The number of hydrogen-bond donors (Lipinski definition) is 1. The Morgan fingerprint density at radius 1 is 0.825 bits per heavy atom. The number of rotatable bonds is 2. The van der Waals surface area contributed by atoms with E-state index in [0.29, 0.717) is 5.57 Å². The van der Waals surface area contributed by atoms with Crippen LogP contribution in [0.3, 0.4) is 0 Å². The number of allylic oxidation sites excluding steroid dienone is 2. The molecule has 4 nitrogen and oxygen atoms in total. The van der Waals surface area contributed by atoms with Gasteiger partial charge in [0.25, 0.3) is 0 Å². The molecule has 4 rings (SSSR count). The number of Topliss-reactive ketones (excluding diaryl/α,β-unsaturated/α-hetero) is 1. The number of carbonyl (C=O) groups is 1. The molecule has 0 fully saturated rings. The van der Waals surface area contributed by atoms with E-state index in [1.807, 2.05) is 47.6 Å². The van der Waals surface area contributed by atoms with Gasteiger partial charge in [0.15, 0.2) is 5.78 Å². The minimum absolute atomic E-state index is 0. The molecule has 1 heterocycles. The number of nitrogens with zero attached hydrogens (tertiary/aromatic N) is 2. The van der Waals surface area contributed by atoms with E-state index in [0.717, 1.165) is 22.2 Å². The molecule has 0 spiro atoms. The van der Waals surface area contributed by atoms with Crippen molar-refractivity contribution in [2.45, 2.75) is 81.6 Å². The van der Waals surface area contributed by atoms with Crippen LogP contribution in [0.2, 0.25) is 0 Å². The largest absolute Gasteiger partial charge is 0.511 e. The fourth-order valence-corrected chi connectivity index (χ4v) is 4.59. The van der Waals surface area contributed by atoms with Crippen molar-refractivity contribution >= 4 is 27.5 Å². The number of aliphatic hydroxyl groups excluding tert-OH is 1. The van der Waals surface area contributed by atoms with Gasteiger partial charge in [-0.05, 0) is 41.3 Å². The minimum atomic E-state index is -0.427. The van der Waals surface area contributed by atoms with E-state index in [-0.39, 0.29) is 42.5 Å². The Bertz CT molecular complexity index is 1550. The Labute approximate surface area is 253 Å². The first kappa shape index (κ1) is 33.3. The average Bonchev–Trinajstić information content (AvgIpc) is 2.86. The van der Waals surface area contributed by atoms with E-state index in [4.69, 9.17) is 0 Å². The minimum Gasteiger partial charge on any atom is -0.511 e. The zero-order valence-corrected chi connectivity index (χ0v) is 28.2. The summed E-state index contributed by atoms with van der Waals surface area (Å²) in [5.74, 6) is 0.197. The standard InChI is InChI=1S/C23H21N2.C12H22O2.Ir/c1-15-12-20-21(16-8-7-9-17(13-16)23(2,3)4)24-14-25-22(20)19-11-6-5-10-18(15)19;1-8(9(13)11(2,3)4)10(14)12(5,6)7;/h5-7,9-14H,1-4H3;13H,1-7H3;/q-1;;/b;9-8-;. The Kier molecular flexibility index (Phi) is 10.3. The van der Waals surface area contributed by atoms with Crippen LogP contribution in [0.4, 0.5) is 0 Å². The van der Waals surface area contributed by atoms with Gasteiger partial charge in [-0.2, -0.15) is 0 Å². The van der Waals surface area contributed by atoms with Crippen LogP contribution in [0.25, 0.3) is 32.9 Å². The van der Waals surface area contributed by atoms with Crippen molar-refractivity contribution in [2.75, 3.05) is 0 Å². The molecule has 215 valence electrons. The molecule has 40 heavy (non-hydrogen) atoms. The second-order valence-electron chi connectivity index (χ2n) is 13.4. The van der Waals surface area contributed by atoms with Crippen molar-refractivity contribution in [3.63, 3.8) is 0 Å². The Hall–Kier alpha value is -2.88. The molecule has 1 N–H and O–H groups in total. The number of ketones is 1. The third kappa shape index (κ3) is 7.44. The normalized spacial score (nSPS) is 12.8. The van der Waals surface area contributed by atoms with E-state index < -0.39 is 5.41 Å². The van der Waals surface area contributed by atoms with E-state index >= 15 is 0 Å². The van der Waals surface area contributed by atoms with Gasteiger partial charge >= 0.3 is 0 Å². The first-order valence-electron chi connectivity index (χ1n) is 13.5. The Balaban J connectivity index is 0.000000323. The molecular formula is C35H43IrN2O2-. The summed E-state index contributed by atoms with van der Waals surface area (Å²) in [5, 5.41) is 13.3. The molecule has 0 aliphatic carbocycles. The second-order valence-corrected chi connectivity index (χ2v) is 13.4. The van der Waals surface area contributed by atoms with Crippen molar-refractivity contribution in [3.05, 3.63) is 83.4 Å². The van der Waals surface area contributed by atoms with Crippen molar-refractivity contribution in [1.29, 1.82) is 0 Å². The molecule has 5 heteroatoms. The van der Waals surface area contributed by atoms with Crippen LogP contribution in [-0.4, -0.2) is 20.9 Å². The van der Waals surface area contributed by atoms with E-state index in [1.54, 1.807) is 13.3 Å². The third-order valence-corrected chi connectivity index (χ3v) is 6.86. The van der Waals surface area contributed by atoms with Crippen LogP contribution in [0.15, 0.2) is 66.2 Å². The Morgan fingerprint density at radius 3 is 1.98 bits per heavy atom. The maximum atomic E-state index is 11.8. The summed E-state index contributed by atoms with van der Waals surface area (Å²) in [6.45, 7) is 21.7. The summed E-state index contributed by atoms with van der Waals surface area (Å²) < 4.78 is 0. The van der Waals surface area contributed by atoms with Crippen molar-refractivity contribution in [1.82, 2.24) is 9.97 Å². The number of aryl methyl sites for hydroxylation is 1. The number of hydrogen-bond acceptors (Lipinski definition) is 4. The summed E-state index contributed by atoms with van der Waals surface area (Å²) in [5.41, 5.74) is 5.28. The van der Waals surface area contributed by atoms with Crippen LogP contribution in [0.5, 0.6) is 0 Å². The van der Waals surface area contributed by atoms with Crippen LogP contribution >= 0.6 is 0 Å². The molecule has 0 unspecified atom stereocenters. The molecule has 3 aromatic carbocycles. The van der Waals surface area contributed by atoms with Gasteiger partial charge in [-0.25, -0.2) is 4.98 Å². The molecule has 0 amide bonds. The van der Waals surface area contributed by atoms with Gasteiger partial charge in [0.2, 0.25) is 0 Å². The molecule has 0 bridgehead atoms. The maximum absolute atomic E-state index is 11.8. The first-order valence-corrected chi connectivity index (χ1v) is 13.5. The van der Waals surface area contributed by atoms with E-state index in [2.05, 4.69) is 86.2 Å².